The lowest BCUT2D eigenvalue weighted by Gasteiger charge is -2.18. The molecule has 0 amide bonds. The number of thiocarbonyl (C=S) groups is 1. The summed E-state index contributed by atoms with van der Waals surface area (Å²) < 4.78 is 0. The number of hydrogen-bond donors (Lipinski definition) is 2. The van der Waals surface area contributed by atoms with Crippen LogP contribution in [-0.4, -0.2) is 11.4 Å². The molecular weight excluding hydrogens is 204 g/mol. The summed E-state index contributed by atoms with van der Waals surface area (Å²) >= 11 is 4.82. The third-order valence-electron chi connectivity index (χ3n) is 2.09. The van der Waals surface area contributed by atoms with Crippen molar-refractivity contribution in [2.75, 3.05) is 0 Å². The monoisotopic (exact) mass is 220 g/mol. The molecule has 15 heavy (non-hydrogen) atoms. The minimum Gasteiger partial charge on any atom is -0.396 e. The first-order valence-corrected chi connectivity index (χ1v) is 5.42. The number of hydrogen-bond acceptors (Lipinski definition) is 3. The third kappa shape index (κ3) is 3.72. The van der Waals surface area contributed by atoms with Crippen molar-refractivity contribution in [1.29, 1.82) is 0 Å². The van der Waals surface area contributed by atoms with E-state index < -0.39 is 0 Å². The lowest BCUT2D eigenvalue weighted by molar-refractivity contribution is 0.681. The highest BCUT2D eigenvalue weighted by Crippen LogP contribution is 2.07. The molecular formula is C12H16N2S. The molecule has 0 aromatic heterocycles. The molecule has 0 fully saturated rings. The van der Waals surface area contributed by atoms with Gasteiger partial charge in [-0.2, -0.15) is 0 Å². The summed E-state index contributed by atoms with van der Waals surface area (Å²) in [6.07, 6.45) is 13.2. The van der Waals surface area contributed by atoms with Crippen LogP contribution in [0.25, 0.3) is 0 Å². The molecule has 0 saturated carbocycles. The molecule has 0 aromatic carbocycles. The number of nitrogens with one attached hydrogen (secondary N) is 1. The van der Waals surface area contributed by atoms with Crippen molar-refractivity contribution in [3.8, 4) is 0 Å². The van der Waals surface area contributed by atoms with Gasteiger partial charge in [0.2, 0.25) is 0 Å². The van der Waals surface area contributed by atoms with Crippen molar-refractivity contribution in [1.82, 2.24) is 5.32 Å². The Hall–Kier alpha value is -1.35. The molecule has 0 spiro atoms. The van der Waals surface area contributed by atoms with Crippen molar-refractivity contribution < 1.29 is 0 Å². The highest BCUT2D eigenvalue weighted by molar-refractivity contribution is 7.79. The Kier molecular flexibility index (Phi) is 4.84. The Balaban J connectivity index is 2.71. The summed E-state index contributed by atoms with van der Waals surface area (Å²) in [6.45, 7) is 1.95. The van der Waals surface area contributed by atoms with Gasteiger partial charge in [0.05, 0.1) is 11.4 Å². The molecule has 0 heterocycles. The Morgan fingerprint density at radius 2 is 2.33 bits per heavy atom. The highest BCUT2D eigenvalue weighted by Gasteiger charge is 2.06. The number of allylic oxidation sites excluding steroid dienone is 5. The molecule has 80 valence electrons. The predicted molar refractivity (Wildman–Crippen MR) is 69.5 cm³/mol. The van der Waals surface area contributed by atoms with Crippen LogP contribution < -0.4 is 11.1 Å². The standard InChI is InChI=1S/C12H16N2S/c1-2-6-12(11(13)9-15)14-10-7-4-3-5-8-10/h2-7,9-10,14H,8,13H2,1H3/b6-2-,12-11?. The lowest BCUT2D eigenvalue weighted by Crippen LogP contribution is -2.28. The molecule has 1 aliphatic carbocycles. The van der Waals surface area contributed by atoms with Gasteiger partial charge in [-0.3, -0.25) is 0 Å². The van der Waals surface area contributed by atoms with Crippen LogP contribution in [0.15, 0.2) is 47.9 Å². The summed E-state index contributed by atoms with van der Waals surface area (Å²) in [5, 5.41) is 4.83. The summed E-state index contributed by atoms with van der Waals surface area (Å²) in [4.78, 5) is 0. The molecule has 0 radical (unpaired) electrons. The Bertz CT molecular complexity index is 338. The van der Waals surface area contributed by atoms with Crippen LogP contribution in [0.3, 0.4) is 0 Å². The molecule has 3 N–H and O–H groups in total. The van der Waals surface area contributed by atoms with Gasteiger partial charge in [0, 0.05) is 11.4 Å². The van der Waals surface area contributed by atoms with E-state index in [9.17, 15) is 0 Å². The van der Waals surface area contributed by atoms with Gasteiger partial charge in [-0.15, -0.1) is 0 Å². The van der Waals surface area contributed by atoms with E-state index in [1.165, 1.54) is 5.37 Å². The molecule has 0 saturated heterocycles. The molecule has 1 unspecified atom stereocenters. The second-order valence-corrected chi connectivity index (χ2v) is 3.52. The molecule has 0 aromatic rings. The van der Waals surface area contributed by atoms with Gasteiger partial charge in [0.25, 0.3) is 0 Å². The maximum Gasteiger partial charge on any atom is 0.0658 e. The molecule has 1 atom stereocenters. The van der Waals surface area contributed by atoms with E-state index in [2.05, 4.69) is 17.5 Å². The molecule has 1 rings (SSSR count). The Morgan fingerprint density at radius 3 is 2.87 bits per heavy atom. The van der Waals surface area contributed by atoms with Crippen molar-refractivity contribution in [2.45, 2.75) is 19.4 Å². The van der Waals surface area contributed by atoms with E-state index in [4.69, 9.17) is 18.0 Å². The zero-order valence-corrected chi connectivity index (χ0v) is 9.63. The van der Waals surface area contributed by atoms with Crippen LogP contribution in [-0.2, 0) is 0 Å². The first-order chi connectivity index (χ1) is 7.27. The normalized spacial score (nSPS) is 21.5. The van der Waals surface area contributed by atoms with Gasteiger partial charge >= 0.3 is 0 Å². The summed E-state index contributed by atoms with van der Waals surface area (Å²) in [5.74, 6) is 0. The van der Waals surface area contributed by atoms with Gasteiger partial charge in [-0.1, -0.05) is 42.6 Å². The zero-order chi connectivity index (χ0) is 11.1. The largest absolute Gasteiger partial charge is 0.396 e. The van der Waals surface area contributed by atoms with Crippen LogP contribution in [0.1, 0.15) is 13.3 Å². The number of nitrogens with two attached hydrogens (primary N) is 1. The fourth-order valence-corrected chi connectivity index (χ4v) is 1.47. The van der Waals surface area contributed by atoms with Crippen molar-refractivity contribution in [3.63, 3.8) is 0 Å². The van der Waals surface area contributed by atoms with E-state index in [1.54, 1.807) is 0 Å². The van der Waals surface area contributed by atoms with Crippen LogP contribution in [0.2, 0.25) is 0 Å². The summed E-state index contributed by atoms with van der Waals surface area (Å²) in [7, 11) is 0. The van der Waals surface area contributed by atoms with E-state index in [1.807, 2.05) is 31.2 Å². The van der Waals surface area contributed by atoms with Gasteiger partial charge < -0.3 is 11.1 Å². The summed E-state index contributed by atoms with van der Waals surface area (Å²) in [5.41, 5.74) is 7.27. The fraction of sp³-hybridized carbons (Fsp3) is 0.250. The average molecular weight is 220 g/mol. The predicted octanol–water partition coefficient (Wildman–Crippen LogP) is 2.21. The zero-order valence-electron chi connectivity index (χ0n) is 8.81. The maximum atomic E-state index is 5.78. The van der Waals surface area contributed by atoms with E-state index >= 15 is 0 Å². The lowest BCUT2D eigenvalue weighted by atomic mass is 10.1. The molecule has 0 bridgehead atoms. The van der Waals surface area contributed by atoms with Gasteiger partial charge in [0.1, 0.15) is 0 Å². The second kappa shape index (κ2) is 6.19. The molecule has 1 aliphatic rings. The maximum absolute atomic E-state index is 5.78. The van der Waals surface area contributed by atoms with Crippen LogP contribution >= 0.6 is 12.2 Å². The van der Waals surface area contributed by atoms with Crippen LogP contribution in [0, 0.1) is 0 Å². The average Bonchev–Trinajstić information content (AvgIpc) is 2.29. The van der Waals surface area contributed by atoms with Gasteiger partial charge in [-0.05, 0) is 19.4 Å². The van der Waals surface area contributed by atoms with Gasteiger partial charge in [-0.25, -0.2) is 0 Å². The molecule has 0 aliphatic heterocycles. The topological polar surface area (TPSA) is 38.0 Å². The first-order valence-electron chi connectivity index (χ1n) is 4.95. The third-order valence-corrected chi connectivity index (χ3v) is 2.35. The van der Waals surface area contributed by atoms with E-state index in [0.717, 1.165) is 12.1 Å². The van der Waals surface area contributed by atoms with Crippen LogP contribution in [0.5, 0.6) is 0 Å². The smallest absolute Gasteiger partial charge is 0.0658 e. The van der Waals surface area contributed by atoms with Gasteiger partial charge in [0.15, 0.2) is 0 Å². The Labute approximate surface area is 96.2 Å². The number of rotatable bonds is 4. The molecule has 2 nitrogen and oxygen atoms in total. The van der Waals surface area contributed by atoms with Crippen molar-refractivity contribution >= 4 is 17.6 Å². The molecule has 3 heteroatoms. The van der Waals surface area contributed by atoms with Crippen LogP contribution in [0.4, 0.5) is 0 Å². The van der Waals surface area contributed by atoms with Crippen molar-refractivity contribution in [3.05, 3.63) is 47.9 Å². The SMILES string of the molecule is C/C=C\C(NC1C=CC=CC1)=C(N)C=S. The van der Waals surface area contributed by atoms with Crippen molar-refractivity contribution in [2.24, 2.45) is 5.73 Å². The van der Waals surface area contributed by atoms with E-state index in [0.29, 0.717) is 11.7 Å². The minimum absolute atomic E-state index is 0.301. The quantitative estimate of drug-likeness (QED) is 0.433. The Morgan fingerprint density at radius 1 is 1.53 bits per heavy atom. The highest BCUT2D eigenvalue weighted by atomic mass is 32.1. The fourth-order valence-electron chi connectivity index (χ4n) is 1.35. The minimum atomic E-state index is 0.301. The summed E-state index contributed by atoms with van der Waals surface area (Å²) in [6, 6.07) is 0.301. The first kappa shape index (κ1) is 11.7. The second-order valence-electron chi connectivity index (χ2n) is 3.29. The van der Waals surface area contributed by atoms with E-state index in [-0.39, 0.29) is 0 Å².